The van der Waals surface area contributed by atoms with Crippen LogP contribution in [0.5, 0.6) is 0 Å². The van der Waals surface area contributed by atoms with Gasteiger partial charge in [0, 0.05) is 16.1 Å². The molecule has 2 aromatic rings. The van der Waals surface area contributed by atoms with Crippen LogP contribution in [0.25, 0.3) is 0 Å². The van der Waals surface area contributed by atoms with Gasteiger partial charge in [-0.05, 0) is 36.0 Å². The maximum atomic E-state index is 8.70. The minimum atomic E-state index is 0.361. The van der Waals surface area contributed by atoms with Crippen LogP contribution in [0.15, 0.2) is 46.6 Å². The zero-order chi connectivity index (χ0) is 11.4. The number of hydrogen-bond acceptors (Lipinski definition) is 4. The van der Waals surface area contributed by atoms with Crippen LogP contribution < -0.4 is 0 Å². The fourth-order valence-electron chi connectivity index (χ4n) is 1.09. The Kier molecular flexibility index (Phi) is 3.40. The van der Waals surface area contributed by atoms with Gasteiger partial charge in [-0.3, -0.25) is 0 Å². The number of nitrogens with zero attached hydrogens (tertiary/aromatic N) is 3. The summed E-state index contributed by atoms with van der Waals surface area (Å²) < 4.78 is 0. The van der Waals surface area contributed by atoms with Gasteiger partial charge >= 0.3 is 0 Å². The first-order valence-corrected chi connectivity index (χ1v) is 5.64. The summed E-state index contributed by atoms with van der Waals surface area (Å²) in [6.45, 7) is 0. The molecule has 0 saturated carbocycles. The van der Waals surface area contributed by atoms with Crippen molar-refractivity contribution in [3.8, 4) is 6.07 Å². The molecule has 16 heavy (non-hydrogen) atoms. The summed E-state index contributed by atoms with van der Waals surface area (Å²) in [5, 5.41) is 9.91. The van der Waals surface area contributed by atoms with Crippen LogP contribution in [0.4, 0.5) is 0 Å². The summed E-state index contributed by atoms with van der Waals surface area (Å²) in [4.78, 5) is 9.08. The average molecular weight is 248 g/mol. The van der Waals surface area contributed by atoms with Crippen molar-refractivity contribution in [2.24, 2.45) is 0 Å². The number of rotatable bonds is 2. The molecule has 3 nitrogen and oxygen atoms in total. The standard InChI is InChI=1S/C11H6ClN3S/c12-8-2-1-3-10(6-8)16-11-14-5-4-9(7-13)15-11/h1-6H. The molecule has 1 heterocycles. The van der Waals surface area contributed by atoms with Crippen molar-refractivity contribution in [1.82, 2.24) is 9.97 Å². The Morgan fingerprint density at radius 1 is 1.31 bits per heavy atom. The molecule has 5 heteroatoms. The molecule has 1 aromatic heterocycles. The summed E-state index contributed by atoms with van der Waals surface area (Å²) >= 11 is 7.24. The molecule has 78 valence electrons. The summed E-state index contributed by atoms with van der Waals surface area (Å²) in [5.41, 5.74) is 0.361. The van der Waals surface area contributed by atoms with Crippen LogP contribution in [-0.4, -0.2) is 9.97 Å². The van der Waals surface area contributed by atoms with E-state index in [2.05, 4.69) is 9.97 Å². The van der Waals surface area contributed by atoms with Crippen LogP contribution in [0.2, 0.25) is 5.02 Å². The molecule has 0 atom stereocenters. The third-order valence-corrected chi connectivity index (χ3v) is 2.86. The molecule has 1 aromatic carbocycles. The SMILES string of the molecule is N#Cc1ccnc(Sc2cccc(Cl)c2)n1. The maximum absolute atomic E-state index is 8.70. The average Bonchev–Trinajstić information content (AvgIpc) is 2.29. The third kappa shape index (κ3) is 2.72. The summed E-state index contributed by atoms with van der Waals surface area (Å²) in [6.07, 6.45) is 1.57. The Morgan fingerprint density at radius 2 is 2.19 bits per heavy atom. The molecular formula is C11H6ClN3S. The molecule has 0 radical (unpaired) electrons. The first kappa shape index (κ1) is 10.9. The second-order valence-corrected chi connectivity index (χ2v) is 4.37. The highest BCUT2D eigenvalue weighted by Gasteiger charge is 2.02. The lowest BCUT2D eigenvalue weighted by molar-refractivity contribution is 0.952. The smallest absolute Gasteiger partial charge is 0.193 e. The van der Waals surface area contributed by atoms with Crippen molar-refractivity contribution in [2.75, 3.05) is 0 Å². The van der Waals surface area contributed by atoms with Crippen LogP contribution in [0.3, 0.4) is 0 Å². The van der Waals surface area contributed by atoms with Gasteiger partial charge in [-0.1, -0.05) is 17.7 Å². The van der Waals surface area contributed by atoms with Crippen LogP contribution in [0.1, 0.15) is 5.69 Å². The van der Waals surface area contributed by atoms with Gasteiger partial charge < -0.3 is 0 Å². The largest absolute Gasteiger partial charge is 0.231 e. The molecule has 0 unspecified atom stereocenters. The predicted molar refractivity (Wildman–Crippen MR) is 62.3 cm³/mol. The van der Waals surface area contributed by atoms with Crippen LogP contribution in [-0.2, 0) is 0 Å². The normalized spacial score (nSPS) is 9.75. The quantitative estimate of drug-likeness (QED) is 0.765. The van der Waals surface area contributed by atoms with Crippen molar-refractivity contribution >= 4 is 23.4 Å². The fraction of sp³-hybridized carbons (Fsp3) is 0. The van der Waals surface area contributed by atoms with E-state index in [0.717, 1.165) is 4.90 Å². The molecule has 0 bridgehead atoms. The minimum absolute atomic E-state index is 0.361. The third-order valence-electron chi connectivity index (χ3n) is 1.75. The van der Waals surface area contributed by atoms with Gasteiger partial charge in [0.1, 0.15) is 11.8 Å². The molecule has 0 N–H and O–H groups in total. The van der Waals surface area contributed by atoms with E-state index in [1.807, 2.05) is 24.3 Å². The predicted octanol–water partition coefficient (Wildman–Crippen LogP) is 3.15. The molecule has 0 fully saturated rings. The second kappa shape index (κ2) is 4.97. The van der Waals surface area contributed by atoms with Crippen molar-refractivity contribution in [1.29, 1.82) is 5.26 Å². The number of nitriles is 1. The Morgan fingerprint density at radius 3 is 2.94 bits per heavy atom. The van der Waals surface area contributed by atoms with E-state index in [-0.39, 0.29) is 0 Å². The lowest BCUT2D eigenvalue weighted by atomic mass is 10.4. The molecule has 0 spiro atoms. The zero-order valence-electron chi connectivity index (χ0n) is 8.09. The van der Waals surface area contributed by atoms with E-state index >= 15 is 0 Å². The second-order valence-electron chi connectivity index (χ2n) is 2.90. The van der Waals surface area contributed by atoms with Crippen molar-refractivity contribution in [2.45, 2.75) is 10.1 Å². The first-order valence-electron chi connectivity index (χ1n) is 4.44. The van der Waals surface area contributed by atoms with Gasteiger partial charge in [-0.2, -0.15) is 5.26 Å². The Hall–Kier alpha value is -1.57. The highest BCUT2D eigenvalue weighted by Crippen LogP contribution is 2.26. The number of halogens is 1. The van der Waals surface area contributed by atoms with E-state index in [4.69, 9.17) is 16.9 Å². The van der Waals surface area contributed by atoms with Crippen molar-refractivity contribution in [3.05, 3.63) is 47.2 Å². The highest BCUT2D eigenvalue weighted by atomic mass is 35.5. The van der Waals surface area contributed by atoms with E-state index < -0.39 is 0 Å². The highest BCUT2D eigenvalue weighted by molar-refractivity contribution is 7.99. The number of aromatic nitrogens is 2. The molecular weight excluding hydrogens is 242 g/mol. The maximum Gasteiger partial charge on any atom is 0.193 e. The molecule has 0 aliphatic rings. The minimum Gasteiger partial charge on any atom is -0.231 e. The number of benzene rings is 1. The van der Waals surface area contributed by atoms with Gasteiger partial charge in [0.05, 0.1) is 0 Å². The zero-order valence-corrected chi connectivity index (χ0v) is 9.66. The number of hydrogen-bond donors (Lipinski definition) is 0. The van der Waals surface area contributed by atoms with E-state index in [1.165, 1.54) is 11.8 Å². The summed E-state index contributed by atoms with van der Waals surface area (Å²) in [7, 11) is 0. The van der Waals surface area contributed by atoms with Gasteiger partial charge in [0.15, 0.2) is 5.16 Å². The Balaban J connectivity index is 2.24. The van der Waals surface area contributed by atoms with Gasteiger partial charge in [0.25, 0.3) is 0 Å². The molecule has 0 saturated heterocycles. The van der Waals surface area contributed by atoms with Gasteiger partial charge in [-0.15, -0.1) is 0 Å². The van der Waals surface area contributed by atoms with E-state index in [9.17, 15) is 0 Å². The fourth-order valence-corrected chi connectivity index (χ4v) is 2.14. The van der Waals surface area contributed by atoms with Gasteiger partial charge in [0.2, 0.25) is 0 Å². The first-order chi connectivity index (χ1) is 7.78. The lowest BCUT2D eigenvalue weighted by Crippen LogP contribution is -1.88. The lowest BCUT2D eigenvalue weighted by Gasteiger charge is -2.00. The summed E-state index contributed by atoms with van der Waals surface area (Å²) in [5.74, 6) is 0. The Bertz CT molecular complexity index is 551. The summed E-state index contributed by atoms with van der Waals surface area (Å²) in [6, 6.07) is 11.0. The molecule has 0 amide bonds. The molecule has 0 aliphatic carbocycles. The topological polar surface area (TPSA) is 49.6 Å². The van der Waals surface area contributed by atoms with Crippen molar-refractivity contribution in [3.63, 3.8) is 0 Å². The van der Waals surface area contributed by atoms with Crippen LogP contribution >= 0.6 is 23.4 Å². The van der Waals surface area contributed by atoms with E-state index in [0.29, 0.717) is 15.9 Å². The van der Waals surface area contributed by atoms with Crippen molar-refractivity contribution < 1.29 is 0 Å². The Labute approximate surface area is 102 Å². The van der Waals surface area contributed by atoms with Crippen LogP contribution in [0, 0.1) is 11.3 Å². The molecule has 2 rings (SSSR count). The molecule has 0 aliphatic heterocycles. The van der Waals surface area contributed by atoms with E-state index in [1.54, 1.807) is 18.3 Å². The monoisotopic (exact) mass is 247 g/mol. The van der Waals surface area contributed by atoms with Gasteiger partial charge in [-0.25, -0.2) is 9.97 Å².